The summed E-state index contributed by atoms with van der Waals surface area (Å²) in [5, 5.41) is 8.10. The van der Waals surface area contributed by atoms with Gasteiger partial charge in [-0.15, -0.1) is 6.58 Å². The van der Waals surface area contributed by atoms with Gasteiger partial charge >= 0.3 is 11.9 Å². The lowest BCUT2D eigenvalue weighted by Crippen LogP contribution is -2.08. The van der Waals surface area contributed by atoms with Crippen LogP contribution in [-0.4, -0.2) is 23.1 Å². The molecule has 0 aromatic rings. The number of carbonyl (C=O) groups is 2. The molecule has 0 amide bonds. The van der Waals surface area contributed by atoms with E-state index in [1.165, 1.54) is 5.57 Å². The smallest absolute Gasteiger partial charge is 0.331 e. The predicted octanol–water partition coefficient (Wildman–Crippen LogP) is 2.16. The summed E-state index contributed by atoms with van der Waals surface area (Å²) >= 11 is 0. The maximum Gasteiger partial charge on any atom is 0.331 e. The minimum Gasteiger partial charge on any atom is -0.478 e. The van der Waals surface area contributed by atoms with E-state index in [-0.39, 0.29) is 6.10 Å². The second kappa shape index (κ2) is 8.99. The summed E-state index contributed by atoms with van der Waals surface area (Å²) in [7, 11) is 0. The molecule has 0 aliphatic carbocycles. The Balaban J connectivity index is 0. The third-order valence-electron chi connectivity index (χ3n) is 0.714. The number of allylic oxidation sites excluding steroid dienone is 1. The molecule has 0 aromatic carbocycles. The molecule has 0 atom stereocenters. The molecule has 0 unspecified atom stereocenters. The number of ether oxygens (including phenoxy) is 1. The lowest BCUT2D eigenvalue weighted by atomic mass is 10.4. The van der Waals surface area contributed by atoms with Crippen LogP contribution in [0.2, 0.25) is 0 Å². The van der Waals surface area contributed by atoms with Gasteiger partial charge in [0.15, 0.2) is 0 Å². The second-order valence-corrected chi connectivity index (χ2v) is 3.36. The van der Waals surface area contributed by atoms with E-state index in [0.29, 0.717) is 0 Å². The van der Waals surface area contributed by atoms with E-state index in [4.69, 9.17) is 5.11 Å². The summed E-state index contributed by atoms with van der Waals surface area (Å²) in [5.41, 5.74) is 1.17. The fraction of sp³-hybridized carbons (Fsp3) is 0.455. The Morgan fingerprint density at radius 3 is 1.93 bits per heavy atom. The number of carboxylic acid groups (broad SMARTS) is 1. The first-order chi connectivity index (χ1) is 6.75. The molecule has 4 nitrogen and oxygen atoms in total. The normalized spacial score (nSPS) is 9.40. The van der Waals surface area contributed by atoms with Crippen LogP contribution >= 0.6 is 0 Å². The molecule has 4 heteroatoms. The van der Waals surface area contributed by atoms with Crippen molar-refractivity contribution in [3.05, 3.63) is 24.3 Å². The van der Waals surface area contributed by atoms with Crippen molar-refractivity contribution in [2.75, 3.05) is 0 Å². The van der Waals surface area contributed by atoms with Gasteiger partial charge in [-0.25, -0.2) is 9.59 Å². The zero-order valence-corrected chi connectivity index (χ0v) is 9.61. The summed E-state index contributed by atoms with van der Waals surface area (Å²) < 4.78 is 4.61. The van der Waals surface area contributed by atoms with Crippen molar-refractivity contribution in [1.29, 1.82) is 0 Å². The van der Waals surface area contributed by atoms with Crippen molar-refractivity contribution in [2.24, 2.45) is 0 Å². The molecular weight excluding hydrogens is 196 g/mol. The van der Waals surface area contributed by atoms with Gasteiger partial charge in [0, 0.05) is 12.2 Å². The zero-order chi connectivity index (χ0) is 12.4. The Morgan fingerprint density at radius 1 is 1.27 bits per heavy atom. The summed E-state index contributed by atoms with van der Waals surface area (Å²) in [5.74, 6) is -1.80. The molecule has 0 aromatic heterocycles. The van der Waals surface area contributed by atoms with E-state index in [2.05, 4.69) is 11.3 Å². The van der Waals surface area contributed by atoms with Crippen LogP contribution in [0.25, 0.3) is 0 Å². The number of esters is 1. The Bertz CT molecular complexity index is 247. The minimum absolute atomic E-state index is 0.221. The van der Waals surface area contributed by atoms with E-state index < -0.39 is 11.9 Å². The van der Waals surface area contributed by atoms with Crippen LogP contribution in [0.4, 0.5) is 0 Å². The minimum atomic E-state index is -1.16. The van der Waals surface area contributed by atoms with Crippen LogP contribution < -0.4 is 0 Å². The van der Waals surface area contributed by atoms with Crippen molar-refractivity contribution < 1.29 is 19.4 Å². The van der Waals surface area contributed by atoms with E-state index in [9.17, 15) is 9.59 Å². The molecule has 15 heavy (non-hydrogen) atoms. The van der Waals surface area contributed by atoms with Gasteiger partial charge in [0.05, 0.1) is 6.10 Å². The van der Waals surface area contributed by atoms with E-state index in [0.717, 1.165) is 12.2 Å². The molecule has 0 rings (SSSR count). The molecule has 0 fully saturated rings. The van der Waals surface area contributed by atoms with Crippen molar-refractivity contribution in [3.63, 3.8) is 0 Å². The van der Waals surface area contributed by atoms with Gasteiger partial charge in [0.1, 0.15) is 0 Å². The summed E-state index contributed by atoms with van der Waals surface area (Å²) in [6, 6.07) is 0. The van der Waals surface area contributed by atoms with Gasteiger partial charge in [-0.1, -0.05) is 5.57 Å². The van der Waals surface area contributed by atoms with Gasteiger partial charge in [-0.2, -0.15) is 0 Å². The highest BCUT2D eigenvalue weighted by Gasteiger charge is 2.00. The first kappa shape index (κ1) is 15.9. The largest absolute Gasteiger partial charge is 0.478 e. The molecule has 0 bridgehead atoms. The van der Waals surface area contributed by atoms with E-state index in [1.807, 2.05) is 13.8 Å². The molecule has 0 saturated heterocycles. The number of hydrogen-bond acceptors (Lipinski definition) is 3. The van der Waals surface area contributed by atoms with Crippen LogP contribution in [0, 0.1) is 0 Å². The van der Waals surface area contributed by atoms with Crippen LogP contribution in [0.5, 0.6) is 0 Å². The first-order valence-corrected chi connectivity index (χ1v) is 4.49. The van der Waals surface area contributed by atoms with Crippen LogP contribution in [-0.2, 0) is 14.3 Å². The Hall–Kier alpha value is -1.58. The molecule has 0 heterocycles. The summed E-state index contributed by atoms with van der Waals surface area (Å²) in [4.78, 5) is 20.5. The molecule has 0 aliphatic heterocycles. The fourth-order valence-corrected chi connectivity index (χ4v) is 0.411. The third kappa shape index (κ3) is 24.5. The molecule has 1 N–H and O–H groups in total. The highest BCUT2D eigenvalue weighted by molar-refractivity contribution is 5.90. The lowest BCUT2D eigenvalue weighted by molar-refractivity contribution is -0.142. The molecule has 86 valence electrons. The zero-order valence-electron chi connectivity index (χ0n) is 9.61. The topological polar surface area (TPSA) is 63.6 Å². The van der Waals surface area contributed by atoms with Crippen LogP contribution in [0.3, 0.4) is 0 Å². The second-order valence-electron chi connectivity index (χ2n) is 3.36. The maximum atomic E-state index is 10.6. The van der Waals surface area contributed by atoms with Gasteiger partial charge in [0.25, 0.3) is 0 Å². The van der Waals surface area contributed by atoms with Gasteiger partial charge in [-0.3, -0.25) is 0 Å². The Kier molecular flexibility index (Phi) is 9.52. The van der Waals surface area contributed by atoms with Crippen molar-refractivity contribution in [2.45, 2.75) is 33.8 Å². The van der Waals surface area contributed by atoms with Crippen molar-refractivity contribution in [3.8, 4) is 0 Å². The van der Waals surface area contributed by atoms with E-state index in [1.54, 1.807) is 13.8 Å². The molecule has 0 spiro atoms. The molecule has 0 aliphatic rings. The summed E-state index contributed by atoms with van der Waals surface area (Å²) in [6.45, 7) is 10.9. The number of rotatable bonds is 3. The average Bonchev–Trinajstić information content (AvgIpc) is 1.98. The molecule has 0 saturated carbocycles. The number of aliphatic carboxylic acids is 1. The third-order valence-corrected chi connectivity index (χ3v) is 0.714. The van der Waals surface area contributed by atoms with Crippen molar-refractivity contribution in [1.82, 2.24) is 0 Å². The Morgan fingerprint density at radius 2 is 1.67 bits per heavy atom. The van der Waals surface area contributed by atoms with Crippen molar-refractivity contribution >= 4 is 11.9 Å². The fourth-order valence-electron chi connectivity index (χ4n) is 0.411. The Labute approximate surface area is 90.2 Å². The van der Waals surface area contributed by atoms with Crippen LogP contribution in [0.15, 0.2) is 24.3 Å². The monoisotopic (exact) mass is 214 g/mol. The summed E-state index contributed by atoms with van der Waals surface area (Å²) in [6.07, 6.45) is 1.40. The number of carbonyl (C=O) groups excluding carboxylic acids is 1. The van der Waals surface area contributed by atoms with Gasteiger partial charge in [0.2, 0.25) is 0 Å². The standard InChI is InChI=1S/C7H10O4.C4H8/c1-5(2)11-7(10)4-3-6(8)9;1-4(2)3/h3-5H,1-2H3,(H,8,9);1H2,2-3H3. The molecule has 0 radical (unpaired) electrons. The predicted molar refractivity (Wildman–Crippen MR) is 58.5 cm³/mol. The first-order valence-electron chi connectivity index (χ1n) is 4.49. The lowest BCUT2D eigenvalue weighted by Gasteiger charge is -2.02. The van der Waals surface area contributed by atoms with Crippen LogP contribution in [0.1, 0.15) is 27.7 Å². The van der Waals surface area contributed by atoms with E-state index >= 15 is 0 Å². The number of carboxylic acids is 1. The highest BCUT2D eigenvalue weighted by atomic mass is 16.5. The molecular formula is C11H18O4. The maximum absolute atomic E-state index is 10.6. The SMILES string of the molecule is C=C(C)C.CC(C)OC(=O)C=CC(=O)O. The quantitative estimate of drug-likeness (QED) is 0.444. The highest BCUT2D eigenvalue weighted by Crippen LogP contribution is 1.89. The van der Waals surface area contributed by atoms with Gasteiger partial charge < -0.3 is 9.84 Å². The average molecular weight is 214 g/mol. The number of hydrogen-bond donors (Lipinski definition) is 1. The van der Waals surface area contributed by atoms with Gasteiger partial charge in [-0.05, 0) is 27.7 Å².